The monoisotopic (exact) mass is 285 g/mol. The van der Waals surface area contributed by atoms with Gasteiger partial charge in [0.2, 0.25) is 0 Å². The number of benzene rings is 2. The predicted molar refractivity (Wildman–Crippen MR) is 67.1 cm³/mol. The van der Waals surface area contributed by atoms with Crippen molar-refractivity contribution in [3.05, 3.63) is 53.3 Å². The summed E-state index contributed by atoms with van der Waals surface area (Å²) in [6.07, 6.45) is -4.58. The molecule has 2 N–H and O–H groups in total. The highest BCUT2D eigenvalue weighted by Crippen LogP contribution is 2.39. The fraction of sp³-hybridized carbons (Fsp3) is 0.143. The Bertz CT molecular complexity index is 638. The molecular formula is C14H11F4NO. The van der Waals surface area contributed by atoms with Crippen molar-refractivity contribution in [3.8, 4) is 11.5 Å². The number of alkyl halides is 3. The minimum atomic E-state index is -4.58. The summed E-state index contributed by atoms with van der Waals surface area (Å²) >= 11 is 0. The molecule has 0 saturated carbocycles. The second-order valence-electron chi connectivity index (χ2n) is 4.27. The van der Waals surface area contributed by atoms with Crippen molar-refractivity contribution in [2.75, 3.05) is 5.73 Å². The first kappa shape index (κ1) is 14.2. The summed E-state index contributed by atoms with van der Waals surface area (Å²) in [4.78, 5) is 0. The van der Waals surface area contributed by atoms with E-state index in [1.165, 1.54) is 25.1 Å². The van der Waals surface area contributed by atoms with Crippen LogP contribution in [0.3, 0.4) is 0 Å². The van der Waals surface area contributed by atoms with Crippen molar-refractivity contribution < 1.29 is 22.3 Å². The summed E-state index contributed by atoms with van der Waals surface area (Å²) in [5, 5.41) is 0. The number of nitrogen functional groups attached to an aromatic ring is 1. The first-order valence-electron chi connectivity index (χ1n) is 5.68. The van der Waals surface area contributed by atoms with Gasteiger partial charge in [-0.1, -0.05) is 0 Å². The summed E-state index contributed by atoms with van der Waals surface area (Å²) in [7, 11) is 0. The number of anilines is 1. The Hall–Kier alpha value is -2.24. The third-order valence-electron chi connectivity index (χ3n) is 2.67. The molecule has 0 radical (unpaired) electrons. The van der Waals surface area contributed by atoms with Crippen LogP contribution in [-0.4, -0.2) is 0 Å². The fourth-order valence-corrected chi connectivity index (χ4v) is 1.67. The first-order valence-corrected chi connectivity index (χ1v) is 5.68. The molecule has 0 aromatic heterocycles. The quantitative estimate of drug-likeness (QED) is 0.650. The molecule has 2 aromatic carbocycles. The van der Waals surface area contributed by atoms with E-state index < -0.39 is 17.6 Å². The molecule has 2 nitrogen and oxygen atoms in total. The van der Waals surface area contributed by atoms with Gasteiger partial charge in [0.1, 0.15) is 22.9 Å². The van der Waals surface area contributed by atoms with Crippen LogP contribution in [0.15, 0.2) is 36.4 Å². The molecule has 0 amide bonds. The largest absolute Gasteiger partial charge is 0.457 e. The number of ether oxygens (including phenoxy) is 1. The second-order valence-corrected chi connectivity index (χ2v) is 4.27. The number of nitrogens with two attached hydrogens (primary N) is 1. The Morgan fingerprint density at radius 2 is 1.75 bits per heavy atom. The number of hydrogen-bond donors (Lipinski definition) is 1. The van der Waals surface area contributed by atoms with Crippen molar-refractivity contribution in [1.29, 1.82) is 0 Å². The smallest absolute Gasteiger partial charge is 0.420 e. The number of halogens is 4. The molecule has 2 aromatic rings. The van der Waals surface area contributed by atoms with Crippen LogP contribution < -0.4 is 10.5 Å². The molecule has 0 atom stereocenters. The van der Waals surface area contributed by atoms with E-state index >= 15 is 0 Å². The lowest BCUT2D eigenvalue weighted by Crippen LogP contribution is -2.08. The van der Waals surface area contributed by atoms with Crippen molar-refractivity contribution >= 4 is 5.69 Å². The SMILES string of the molecule is Cc1cc(Oc2ccc(N)cc2C(F)(F)F)ccc1F. The lowest BCUT2D eigenvalue weighted by atomic mass is 10.1. The van der Waals surface area contributed by atoms with Gasteiger partial charge in [-0.15, -0.1) is 0 Å². The molecule has 0 heterocycles. The van der Waals surface area contributed by atoms with E-state index in [0.717, 1.165) is 18.2 Å². The van der Waals surface area contributed by atoms with Crippen LogP contribution >= 0.6 is 0 Å². The Morgan fingerprint density at radius 1 is 1.05 bits per heavy atom. The van der Waals surface area contributed by atoms with Gasteiger partial charge in [-0.25, -0.2) is 4.39 Å². The van der Waals surface area contributed by atoms with Crippen molar-refractivity contribution in [3.63, 3.8) is 0 Å². The minimum absolute atomic E-state index is 0.0139. The highest BCUT2D eigenvalue weighted by Gasteiger charge is 2.34. The molecule has 0 aliphatic carbocycles. The van der Waals surface area contributed by atoms with Gasteiger partial charge in [-0.2, -0.15) is 13.2 Å². The number of rotatable bonds is 2. The molecule has 0 saturated heterocycles. The molecule has 20 heavy (non-hydrogen) atoms. The van der Waals surface area contributed by atoms with E-state index in [1.54, 1.807) is 0 Å². The van der Waals surface area contributed by atoms with Crippen LogP contribution in [-0.2, 0) is 6.18 Å². The average molecular weight is 285 g/mol. The van der Waals surface area contributed by atoms with Gasteiger partial charge in [0.15, 0.2) is 0 Å². The molecule has 0 aliphatic rings. The zero-order valence-corrected chi connectivity index (χ0v) is 10.5. The Labute approximate surface area is 112 Å². The fourth-order valence-electron chi connectivity index (χ4n) is 1.67. The molecule has 0 spiro atoms. The molecule has 0 bridgehead atoms. The zero-order valence-electron chi connectivity index (χ0n) is 10.5. The topological polar surface area (TPSA) is 35.2 Å². The predicted octanol–water partition coefficient (Wildman–Crippen LogP) is 4.53. The Balaban J connectivity index is 2.40. The zero-order chi connectivity index (χ0) is 14.9. The van der Waals surface area contributed by atoms with Crippen molar-refractivity contribution in [2.24, 2.45) is 0 Å². The van der Waals surface area contributed by atoms with Crippen LogP contribution in [0.2, 0.25) is 0 Å². The summed E-state index contributed by atoms with van der Waals surface area (Å²) in [5.41, 5.74) is 4.65. The number of aryl methyl sites for hydroxylation is 1. The van der Waals surface area contributed by atoms with E-state index in [2.05, 4.69) is 0 Å². The first-order chi connectivity index (χ1) is 9.27. The maximum absolute atomic E-state index is 13.1. The van der Waals surface area contributed by atoms with Gasteiger partial charge in [0.25, 0.3) is 0 Å². The van der Waals surface area contributed by atoms with Crippen LogP contribution in [0.1, 0.15) is 11.1 Å². The minimum Gasteiger partial charge on any atom is -0.457 e. The number of hydrogen-bond acceptors (Lipinski definition) is 2. The van der Waals surface area contributed by atoms with E-state index in [1.807, 2.05) is 0 Å². The molecule has 2 rings (SSSR count). The van der Waals surface area contributed by atoms with Crippen LogP contribution in [0.25, 0.3) is 0 Å². The molecular weight excluding hydrogens is 274 g/mol. The van der Waals surface area contributed by atoms with Gasteiger partial charge in [0, 0.05) is 5.69 Å². The highest BCUT2D eigenvalue weighted by atomic mass is 19.4. The van der Waals surface area contributed by atoms with E-state index in [0.29, 0.717) is 0 Å². The lowest BCUT2D eigenvalue weighted by Gasteiger charge is -2.14. The van der Waals surface area contributed by atoms with Crippen molar-refractivity contribution in [2.45, 2.75) is 13.1 Å². The van der Waals surface area contributed by atoms with Gasteiger partial charge in [0.05, 0.1) is 0 Å². The summed E-state index contributed by atoms with van der Waals surface area (Å²) in [5.74, 6) is -0.706. The van der Waals surface area contributed by atoms with Gasteiger partial charge >= 0.3 is 6.18 Å². The van der Waals surface area contributed by atoms with Gasteiger partial charge in [-0.3, -0.25) is 0 Å². The highest BCUT2D eigenvalue weighted by molar-refractivity contribution is 5.50. The molecule has 106 valence electrons. The maximum atomic E-state index is 13.1. The average Bonchev–Trinajstić information content (AvgIpc) is 2.35. The van der Waals surface area contributed by atoms with Crippen LogP contribution in [0, 0.1) is 12.7 Å². The van der Waals surface area contributed by atoms with Crippen LogP contribution in [0.5, 0.6) is 11.5 Å². The normalized spacial score (nSPS) is 11.4. The molecule has 0 fully saturated rings. The third-order valence-corrected chi connectivity index (χ3v) is 2.67. The molecule has 0 unspecified atom stereocenters. The van der Waals surface area contributed by atoms with E-state index in [4.69, 9.17) is 10.5 Å². The third kappa shape index (κ3) is 3.01. The summed E-state index contributed by atoms with van der Waals surface area (Å²) in [6.45, 7) is 1.50. The Morgan fingerprint density at radius 3 is 2.35 bits per heavy atom. The summed E-state index contributed by atoms with van der Waals surface area (Å²) in [6, 6.07) is 6.96. The van der Waals surface area contributed by atoms with E-state index in [9.17, 15) is 17.6 Å². The molecule has 6 heteroatoms. The Kier molecular flexibility index (Phi) is 3.57. The van der Waals surface area contributed by atoms with E-state index in [-0.39, 0.29) is 22.7 Å². The maximum Gasteiger partial charge on any atom is 0.420 e. The second kappa shape index (κ2) is 5.03. The van der Waals surface area contributed by atoms with Crippen LogP contribution in [0.4, 0.5) is 23.2 Å². The van der Waals surface area contributed by atoms with Gasteiger partial charge < -0.3 is 10.5 Å². The standard InChI is InChI=1S/C14H11F4NO/c1-8-6-10(3-4-12(8)15)20-13-5-2-9(19)7-11(13)14(16,17)18/h2-7H,19H2,1H3. The van der Waals surface area contributed by atoms with Crippen molar-refractivity contribution in [1.82, 2.24) is 0 Å². The van der Waals surface area contributed by atoms with Gasteiger partial charge in [-0.05, 0) is 48.9 Å². The summed E-state index contributed by atoms with van der Waals surface area (Å²) < 4.78 is 56.9. The lowest BCUT2D eigenvalue weighted by molar-refractivity contribution is -0.138. The molecule has 0 aliphatic heterocycles.